The Morgan fingerprint density at radius 1 is 0.800 bits per heavy atom. The van der Waals surface area contributed by atoms with E-state index in [1.165, 1.54) is 0 Å². The van der Waals surface area contributed by atoms with Crippen molar-refractivity contribution in [3.8, 4) is 0 Å². The summed E-state index contributed by atoms with van der Waals surface area (Å²) in [4.78, 5) is -2.16. The lowest BCUT2D eigenvalue weighted by Gasteiger charge is -2.32. The minimum atomic E-state index is -1.32. The number of rotatable bonds is 6. The smallest absolute Gasteiger partial charge is 0.105 e. The van der Waals surface area contributed by atoms with Gasteiger partial charge in [-0.3, -0.25) is 0 Å². The third-order valence-electron chi connectivity index (χ3n) is 1.40. The quantitative estimate of drug-likeness (QED) is 0.383. The maximum atomic E-state index is 6.02. The van der Waals surface area contributed by atoms with Gasteiger partial charge in [-0.2, -0.15) is 0 Å². The van der Waals surface area contributed by atoms with E-state index < -0.39 is 26.5 Å². The van der Waals surface area contributed by atoms with Gasteiger partial charge < -0.3 is 0 Å². The average Bonchev–Trinajstić information content (AvgIpc) is 2.00. The normalized spacial score (nSPS) is 13.6. The molecule has 0 N–H and O–H groups in total. The Kier molecular flexibility index (Phi) is 9.50. The third kappa shape index (κ3) is 7.04. The second-order valence-electron chi connectivity index (χ2n) is 2.58. The molecule has 0 fully saturated rings. The summed E-state index contributed by atoms with van der Waals surface area (Å²) in [6, 6.07) is 0. The molecule has 92 valence electrons. The SMILES string of the molecule is ClC(Cl)CP(CC(Cl)Cl)C(Cl)(Cl)C(Cl)Cl. The number of hydrogen-bond acceptors (Lipinski definition) is 0. The zero-order chi connectivity index (χ0) is 12.2. The summed E-state index contributed by atoms with van der Waals surface area (Å²) < 4.78 is -1.32. The van der Waals surface area contributed by atoms with Crippen LogP contribution in [0.15, 0.2) is 0 Å². The lowest BCUT2D eigenvalue weighted by Crippen LogP contribution is -2.25. The van der Waals surface area contributed by atoms with E-state index in [-0.39, 0.29) is 0 Å². The van der Waals surface area contributed by atoms with E-state index in [1.54, 1.807) is 0 Å². The molecule has 0 spiro atoms. The van der Waals surface area contributed by atoms with Crippen LogP contribution in [0.4, 0.5) is 0 Å². The first kappa shape index (κ1) is 17.8. The molecule has 0 aromatic rings. The highest BCUT2D eigenvalue weighted by Gasteiger charge is 2.41. The Morgan fingerprint density at radius 3 is 1.33 bits per heavy atom. The maximum absolute atomic E-state index is 6.02. The van der Waals surface area contributed by atoms with Gasteiger partial charge in [0.05, 0.1) is 0 Å². The second-order valence-corrected chi connectivity index (χ2v) is 10.7. The van der Waals surface area contributed by atoms with Crippen LogP contribution in [0.5, 0.6) is 0 Å². The molecule has 0 bridgehead atoms. The Hall–Kier alpha value is 2.75. The molecule has 0 heterocycles. The topological polar surface area (TPSA) is 0 Å². The van der Waals surface area contributed by atoms with Crippen molar-refractivity contribution in [2.45, 2.75) is 18.6 Å². The van der Waals surface area contributed by atoms with Crippen LogP contribution >= 0.6 is 101 Å². The zero-order valence-electron chi connectivity index (χ0n) is 7.12. The van der Waals surface area contributed by atoms with Gasteiger partial charge in [-0.1, -0.05) is 31.1 Å². The van der Waals surface area contributed by atoms with E-state index in [0.29, 0.717) is 12.3 Å². The minimum absolute atomic E-state index is 0.372. The lowest BCUT2D eigenvalue weighted by molar-refractivity contribution is 1.14. The summed E-state index contributed by atoms with van der Waals surface area (Å²) in [7, 11) is -1.08. The van der Waals surface area contributed by atoms with Gasteiger partial charge in [0.2, 0.25) is 0 Å². The van der Waals surface area contributed by atoms with Crippen LogP contribution in [-0.2, 0) is 0 Å². The number of halogens is 8. The molecule has 9 heteroatoms. The Morgan fingerprint density at radius 2 is 1.13 bits per heavy atom. The molecule has 0 aromatic carbocycles. The molecule has 0 saturated carbocycles. The lowest BCUT2D eigenvalue weighted by atomic mass is 10.9. The summed E-state index contributed by atoms with van der Waals surface area (Å²) in [6.45, 7) is 0. The first-order chi connectivity index (χ1) is 6.67. The Labute approximate surface area is 130 Å². The molecule has 0 radical (unpaired) electrons. The highest BCUT2D eigenvalue weighted by molar-refractivity contribution is 7.64. The van der Waals surface area contributed by atoms with Crippen LogP contribution in [0.2, 0.25) is 0 Å². The van der Waals surface area contributed by atoms with Crippen molar-refractivity contribution in [2.24, 2.45) is 0 Å². The molecule has 0 aliphatic carbocycles. The summed E-state index contributed by atoms with van der Waals surface area (Å²) in [5, 5.41) is 0. The van der Waals surface area contributed by atoms with E-state index in [0.717, 1.165) is 0 Å². The summed E-state index contributed by atoms with van der Waals surface area (Å²) in [6.07, 6.45) is 0.745. The van der Waals surface area contributed by atoms with Crippen molar-refractivity contribution >= 4 is 101 Å². The first-order valence-electron chi connectivity index (χ1n) is 3.65. The van der Waals surface area contributed by atoms with E-state index >= 15 is 0 Å². The largest absolute Gasteiger partial charge is 0.166 e. The molecule has 0 unspecified atom stereocenters. The van der Waals surface area contributed by atoms with Gasteiger partial charge in [-0.25, -0.2) is 0 Å². The van der Waals surface area contributed by atoms with E-state index in [2.05, 4.69) is 0 Å². The summed E-state index contributed by atoms with van der Waals surface area (Å²) >= 11 is 46.0. The third-order valence-corrected chi connectivity index (χ3v) is 8.87. The van der Waals surface area contributed by atoms with Crippen molar-refractivity contribution in [3.05, 3.63) is 0 Å². The molecule has 15 heavy (non-hydrogen) atoms. The highest BCUT2D eigenvalue weighted by atomic mass is 35.5. The van der Waals surface area contributed by atoms with Crippen LogP contribution in [0.3, 0.4) is 0 Å². The molecular weight excluding hydrogens is 387 g/mol. The highest BCUT2D eigenvalue weighted by Crippen LogP contribution is 2.61. The second kappa shape index (κ2) is 8.03. The van der Waals surface area contributed by atoms with E-state index in [4.69, 9.17) is 92.8 Å². The molecule has 0 aliphatic heterocycles. The van der Waals surface area contributed by atoms with Crippen LogP contribution < -0.4 is 0 Å². The summed E-state index contributed by atoms with van der Waals surface area (Å²) in [5.74, 6) is 0. The van der Waals surface area contributed by atoms with Crippen molar-refractivity contribution in [1.29, 1.82) is 0 Å². The van der Waals surface area contributed by atoms with Crippen LogP contribution in [0.25, 0.3) is 0 Å². The van der Waals surface area contributed by atoms with Gasteiger partial charge in [0, 0.05) is 12.3 Å². The fourth-order valence-corrected chi connectivity index (χ4v) is 6.02. The summed E-state index contributed by atoms with van der Waals surface area (Å²) in [5.41, 5.74) is 0. The molecule has 0 saturated heterocycles. The van der Waals surface area contributed by atoms with Gasteiger partial charge in [-0.15, -0.1) is 69.6 Å². The van der Waals surface area contributed by atoms with E-state index in [1.807, 2.05) is 0 Å². The average molecular weight is 394 g/mol. The van der Waals surface area contributed by atoms with Crippen LogP contribution in [0.1, 0.15) is 0 Å². The van der Waals surface area contributed by atoms with Crippen LogP contribution in [0, 0.1) is 0 Å². The van der Waals surface area contributed by atoms with Crippen molar-refractivity contribution in [2.75, 3.05) is 12.3 Å². The van der Waals surface area contributed by atoms with Gasteiger partial charge in [-0.05, 0) is 0 Å². The Balaban J connectivity index is 4.60. The molecule has 0 amide bonds. The molecule has 0 aliphatic rings. The maximum Gasteiger partial charge on any atom is 0.166 e. The molecule has 0 atom stereocenters. The predicted molar refractivity (Wildman–Crippen MR) is 77.6 cm³/mol. The number of hydrogen-bond donors (Lipinski definition) is 0. The molecule has 0 nitrogen and oxygen atoms in total. The van der Waals surface area contributed by atoms with Gasteiger partial charge >= 0.3 is 0 Å². The van der Waals surface area contributed by atoms with Crippen LogP contribution in [-0.4, -0.2) is 30.9 Å². The monoisotopic (exact) mass is 390 g/mol. The van der Waals surface area contributed by atoms with Crippen molar-refractivity contribution in [1.82, 2.24) is 0 Å². The van der Waals surface area contributed by atoms with E-state index in [9.17, 15) is 0 Å². The van der Waals surface area contributed by atoms with Gasteiger partial charge in [0.15, 0.2) is 4.07 Å². The molecular formula is C6H7Cl8P. The van der Waals surface area contributed by atoms with Gasteiger partial charge in [0.25, 0.3) is 0 Å². The number of alkyl halides is 8. The Bertz CT molecular complexity index is 172. The zero-order valence-corrected chi connectivity index (χ0v) is 14.1. The molecule has 0 aromatic heterocycles. The predicted octanol–water partition coefficient (Wildman–Crippen LogP) is 6.01. The van der Waals surface area contributed by atoms with Gasteiger partial charge in [0.1, 0.15) is 14.5 Å². The van der Waals surface area contributed by atoms with Crippen molar-refractivity contribution in [3.63, 3.8) is 0 Å². The minimum Gasteiger partial charge on any atom is -0.105 e. The fourth-order valence-electron chi connectivity index (χ4n) is 0.789. The first-order valence-corrected chi connectivity index (χ1v) is 8.74. The standard InChI is InChI=1S/C6H7Cl8P/c7-3(8)1-15(2-4(9)10)6(13,14)5(11)12/h3-5H,1-2H2. The molecule has 0 rings (SSSR count). The fraction of sp³-hybridized carbons (Fsp3) is 1.00. The van der Waals surface area contributed by atoms with Crippen molar-refractivity contribution < 1.29 is 0 Å².